The SMILES string of the molecule is Cc1nnnn1-c1cc(NC(=O)C(N)C2CCOCC2)ccc1F. The lowest BCUT2D eigenvalue weighted by molar-refractivity contribution is -0.119. The van der Waals surface area contributed by atoms with E-state index in [2.05, 4.69) is 20.8 Å². The molecule has 0 radical (unpaired) electrons. The van der Waals surface area contributed by atoms with Gasteiger partial charge in [-0.15, -0.1) is 5.10 Å². The molecule has 1 aliphatic rings. The van der Waals surface area contributed by atoms with E-state index in [0.29, 0.717) is 24.7 Å². The van der Waals surface area contributed by atoms with E-state index in [4.69, 9.17) is 10.5 Å². The Balaban J connectivity index is 1.75. The Kier molecular flexibility index (Phi) is 4.81. The van der Waals surface area contributed by atoms with Crippen molar-refractivity contribution in [3.05, 3.63) is 29.8 Å². The minimum atomic E-state index is -0.628. The molecule has 0 aliphatic carbocycles. The molecule has 1 aliphatic heterocycles. The van der Waals surface area contributed by atoms with E-state index < -0.39 is 11.9 Å². The van der Waals surface area contributed by atoms with Gasteiger partial charge in [-0.2, -0.15) is 4.68 Å². The maximum Gasteiger partial charge on any atom is 0.241 e. The minimum absolute atomic E-state index is 0.0837. The summed E-state index contributed by atoms with van der Waals surface area (Å²) < 4.78 is 20.6. The van der Waals surface area contributed by atoms with Gasteiger partial charge in [-0.25, -0.2) is 4.39 Å². The Labute approximate surface area is 138 Å². The Morgan fingerprint density at radius 2 is 2.21 bits per heavy atom. The third-order valence-corrected chi connectivity index (χ3v) is 4.14. The van der Waals surface area contributed by atoms with Gasteiger partial charge in [0.2, 0.25) is 5.91 Å². The van der Waals surface area contributed by atoms with Crippen molar-refractivity contribution < 1.29 is 13.9 Å². The van der Waals surface area contributed by atoms with Crippen LogP contribution in [-0.2, 0) is 9.53 Å². The molecule has 1 amide bonds. The second kappa shape index (κ2) is 7.02. The normalized spacial score (nSPS) is 16.8. The topological polar surface area (TPSA) is 108 Å². The van der Waals surface area contributed by atoms with Crippen LogP contribution in [0.1, 0.15) is 18.7 Å². The lowest BCUT2D eigenvalue weighted by atomic mass is 9.92. The van der Waals surface area contributed by atoms with Crippen molar-refractivity contribution in [3.63, 3.8) is 0 Å². The summed E-state index contributed by atoms with van der Waals surface area (Å²) in [4.78, 5) is 12.3. The van der Waals surface area contributed by atoms with E-state index in [1.807, 2.05) is 0 Å². The maximum absolute atomic E-state index is 14.0. The van der Waals surface area contributed by atoms with Crippen LogP contribution in [0.4, 0.5) is 10.1 Å². The molecule has 24 heavy (non-hydrogen) atoms. The molecule has 1 atom stereocenters. The molecule has 2 aromatic rings. The van der Waals surface area contributed by atoms with E-state index in [-0.39, 0.29) is 17.5 Å². The second-order valence-corrected chi connectivity index (χ2v) is 5.77. The highest BCUT2D eigenvalue weighted by Gasteiger charge is 2.26. The summed E-state index contributed by atoms with van der Waals surface area (Å²) in [5, 5.41) is 13.7. The van der Waals surface area contributed by atoms with Gasteiger partial charge in [0.15, 0.2) is 5.82 Å². The number of halogens is 1. The van der Waals surface area contributed by atoms with Crippen molar-refractivity contribution in [1.29, 1.82) is 0 Å². The Hall–Kier alpha value is -2.39. The Morgan fingerprint density at radius 3 is 2.88 bits per heavy atom. The summed E-state index contributed by atoms with van der Waals surface area (Å²) >= 11 is 0. The number of benzene rings is 1. The summed E-state index contributed by atoms with van der Waals surface area (Å²) in [6.45, 7) is 2.89. The fourth-order valence-corrected chi connectivity index (χ4v) is 2.72. The van der Waals surface area contributed by atoms with E-state index >= 15 is 0 Å². The summed E-state index contributed by atoms with van der Waals surface area (Å²) in [6.07, 6.45) is 1.51. The standard InChI is InChI=1S/C15H19FN6O2/c1-9-19-20-21-22(9)13-8-11(2-3-12(13)16)18-15(23)14(17)10-4-6-24-7-5-10/h2-3,8,10,14H,4-7,17H2,1H3,(H,18,23). The second-order valence-electron chi connectivity index (χ2n) is 5.77. The molecule has 1 aromatic carbocycles. The predicted octanol–water partition coefficient (Wildman–Crippen LogP) is 0.802. The molecule has 1 aromatic heterocycles. The van der Waals surface area contributed by atoms with Gasteiger partial charge in [-0.3, -0.25) is 4.79 Å². The van der Waals surface area contributed by atoms with Gasteiger partial charge in [0.1, 0.15) is 11.5 Å². The van der Waals surface area contributed by atoms with Crippen molar-refractivity contribution >= 4 is 11.6 Å². The highest BCUT2D eigenvalue weighted by Crippen LogP contribution is 2.21. The zero-order chi connectivity index (χ0) is 17.1. The number of nitrogens with one attached hydrogen (secondary N) is 1. The minimum Gasteiger partial charge on any atom is -0.381 e. The third-order valence-electron chi connectivity index (χ3n) is 4.14. The molecule has 1 saturated heterocycles. The van der Waals surface area contributed by atoms with Crippen molar-refractivity contribution in [1.82, 2.24) is 20.2 Å². The number of carbonyl (C=O) groups is 1. The van der Waals surface area contributed by atoms with Gasteiger partial charge in [-0.05, 0) is 54.3 Å². The fraction of sp³-hybridized carbons (Fsp3) is 0.467. The first-order valence-electron chi connectivity index (χ1n) is 7.75. The van der Waals surface area contributed by atoms with Gasteiger partial charge < -0.3 is 15.8 Å². The van der Waals surface area contributed by atoms with Crippen molar-refractivity contribution in [2.75, 3.05) is 18.5 Å². The molecule has 8 nitrogen and oxygen atoms in total. The molecule has 9 heteroatoms. The van der Waals surface area contributed by atoms with Crippen LogP contribution in [0, 0.1) is 18.7 Å². The lowest BCUT2D eigenvalue weighted by Gasteiger charge is -2.26. The molecule has 128 valence electrons. The van der Waals surface area contributed by atoms with E-state index in [1.165, 1.54) is 22.9 Å². The number of tetrazole rings is 1. The average Bonchev–Trinajstić information content (AvgIpc) is 3.02. The van der Waals surface area contributed by atoms with Gasteiger partial charge in [0.25, 0.3) is 0 Å². The average molecular weight is 334 g/mol. The summed E-state index contributed by atoms with van der Waals surface area (Å²) in [7, 11) is 0. The highest BCUT2D eigenvalue weighted by molar-refractivity contribution is 5.95. The summed E-state index contributed by atoms with van der Waals surface area (Å²) in [5.41, 5.74) is 6.65. The number of hydrogen-bond acceptors (Lipinski definition) is 6. The molecule has 1 unspecified atom stereocenters. The van der Waals surface area contributed by atoms with E-state index in [9.17, 15) is 9.18 Å². The number of aromatic nitrogens is 4. The number of amides is 1. The molecular formula is C15H19FN6O2. The van der Waals surface area contributed by atoms with Crippen molar-refractivity contribution in [3.8, 4) is 5.69 Å². The van der Waals surface area contributed by atoms with Gasteiger partial charge in [-0.1, -0.05) is 0 Å². The van der Waals surface area contributed by atoms with Crippen LogP contribution in [0.15, 0.2) is 18.2 Å². The van der Waals surface area contributed by atoms with Gasteiger partial charge >= 0.3 is 0 Å². The molecule has 0 bridgehead atoms. The number of rotatable bonds is 4. The molecule has 1 fully saturated rings. The molecule has 3 N–H and O–H groups in total. The number of aryl methyl sites for hydroxylation is 1. The number of anilines is 1. The molecule has 3 rings (SSSR count). The quantitative estimate of drug-likeness (QED) is 0.856. The molecule has 0 saturated carbocycles. The summed E-state index contributed by atoms with van der Waals surface area (Å²) in [6, 6.07) is 3.59. The maximum atomic E-state index is 14.0. The largest absolute Gasteiger partial charge is 0.381 e. The van der Waals surface area contributed by atoms with Crippen LogP contribution in [-0.4, -0.2) is 45.4 Å². The van der Waals surface area contributed by atoms with Crippen molar-refractivity contribution in [2.24, 2.45) is 11.7 Å². The predicted molar refractivity (Wildman–Crippen MR) is 84.0 cm³/mol. The molecular weight excluding hydrogens is 315 g/mol. The summed E-state index contributed by atoms with van der Waals surface area (Å²) in [5.74, 6) is -0.262. The van der Waals surface area contributed by atoms with Crippen LogP contribution in [0.3, 0.4) is 0 Å². The molecule has 0 spiro atoms. The zero-order valence-electron chi connectivity index (χ0n) is 13.3. The Morgan fingerprint density at radius 1 is 1.46 bits per heavy atom. The zero-order valence-corrected chi connectivity index (χ0v) is 13.3. The van der Waals surface area contributed by atoms with Crippen LogP contribution >= 0.6 is 0 Å². The van der Waals surface area contributed by atoms with Crippen LogP contribution < -0.4 is 11.1 Å². The first-order chi connectivity index (χ1) is 11.6. The van der Waals surface area contributed by atoms with E-state index in [1.54, 1.807) is 6.92 Å². The first kappa shape index (κ1) is 16.5. The number of hydrogen-bond donors (Lipinski definition) is 2. The fourth-order valence-electron chi connectivity index (χ4n) is 2.72. The van der Waals surface area contributed by atoms with Gasteiger partial charge in [0.05, 0.1) is 6.04 Å². The smallest absolute Gasteiger partial charge is 0.241 e. The number of ether oxygens (including phenoxy) is 1. The number of nitrogens with zero attached hydrogens (tertiary/aromatic N) is 4. The van der Waals surface area contributed by atoms with Crippen LogP contribution in [0.25, 0.3) is 5.69 Å². The van der Waals surface area contributed by atoms with Gasteiger partial charge in [0, 0.05) is 18.9 Å². The molecule has 2 heterocycles. The third kappa shape index (κ3) is 3.41. The first-order valence-corrected chi connectivity index (χ1v) is 7.75. The lowest BCUT2D eigenvalue weighted by Crippen LogP contribution is -2.44. The monoisotopic (exact) mass is 334 g/mol. The van der Waals surface area contributed by atoms with Crippen LogP contribution in [0.2, 0.25) is 0 Å². The number of nitrogens with two attached hydrogens (primary N) is 1. The van der Waals surface area contributed by atoms with Crippen LogP contribution in [0.5, 0.6) is 0 Å². The van der Waals surface area contributed by atoms with Crippen molar-refractivity contribution in [2.45, 2.75) is 25.8 Å². The van der Waals surface area contributed by atoms with E-state index in [0.717, 1.165) is 12.8 Å². The Bertz CT molecular complexity index is 729. The highest BCUT2D eigenvalue weighted by atomic mass is 19.1. The number of carbonyl (C=O) groups excluding carboxylic acids is 1.